The zero-order chi connectivity index (χ0) is 7.23. The number of hydrogen-bond donors (Lipinski definition) is 0. The van der Waals surface area contributed by atoms with Gasteiger partial charge in [0.2, 0.25) is 0 Å². The highest BCUT2D eigenvalue weighted by Crippen LogP contribution is 2.09. The zero-order valence-corrected chi connectivity index (χ0v) is 6.56. The molecule has 1 nitrogen and oxygen atoms in total. The molecule has 1 radical (unpaired) electrons. The minimum atomic E-state index is 0.927. The van der Waals surface area contributed by atoms with E-state index in [4.69, 9.17) is 0 Å². The van der Waals surface area contributed by atoms with E-state index in [-0.39, 0.29) is 0 Å². The van der Waals surface area contributed by atoms with Crippen LogP contribution in [0.1, 0.15) is 26.2 Å². The fourth-order valence-corrected chi connectivity index (χ4v) is 1.20. The van der Waals surface area contributed by atoms with Crippen molar-refractivity contribution in [3.8, 4) is 11.8 Å². The Balaban J connectivity index is 2.05. The van der Waals surface area contributed by atoms with Crippen molar-refractivity contribution < 1.29 is 0 Å². The number of hydrogen-bond acceptors (Lipinski definition) is 1. The molecule has 1 heteroatoms. The fraction of sp³-hybridized carbons (Fsp3) is 0.667. The first-order valence-corrected chi connectivity index (χ1v) is 3.90. The summed E-state index contributed by atoms with van der Waals surface area (Å²) in [7, 11) is 0. The van der Waals surface area contributed by atoms with Crippen LogP contribution in [0.3, 0.4) is 0 Å². The monoisotopic (exact) mass is 136 g/mol. The molecule has 0 atom stereocenters. The van der Waals surface area contributed by atoms with Crippen molar-refractivity contribution >= 4 is 0 Å². The summed E-state index contributed by atoms with van der Waals surface area (Å²) in [5.41, 5.74) is 0. The molecule has 0 bridgehead atoms. The van der Waals surface area contributed by atoms with Gasteiger partial charge in [0.25, 0.3) is 0 Å². The molecule has 55 valence electrons. The molecule has 1 fully saturated rings. The summed E-state index contributed by atoms with van der Waals surface area (Å²) in [6, 6.07) is 0. The summed E-state index contributed by atoms with van der Waals surface area (Å²) >= 11 is 0. The Hall–Kier alpha value is -0.480. The van der Waals surface area contributed by atoms with Crippen molar-refractivity contribution in [1.29, 1.82) is 0 Å². The maximum absolute atomic E-state index is 3.03. The van der Waals surface area contributed by atoms with Crippen molar-refractivity contribution in [2.45, 2.75) is 26.2 Å². The highest BCUT2D eigenvalue weighted by Gasteiger charge is 2.09. The lowest BCUT2D eigenvalue weighted by atomic mass is 10.4. The second kappa shape index (κ2) is 4.35. The third-order valence-electron chi connectivity index (χ3n) is 1.77. The predicted octanol–water partition coefficient (Wildman–Crippen LogP) is 1.66. The van der Waals surface area contributed by atoms with E-state index in [1.54, 1.807) is 0 Å². The summed E-state index contributed by atoms with van der Waals surface area (Å²) in [5, 5.41) is 0. The average Bonchev–Trinajstić information content (AvgIpc) is 2.41. The molecule has 0 unspecified atom stereocenters. The van der Waals surface area contributed by atoms with Crippen molar-refractivity contribution in [3.63, 3.8) is 0 Å². The van der Waals surface area contributed by atoms with E-state index in [0.717, 1.165) is 6.42 Å². The highest BCUT2D eigenvalue weighted by molar-refractivity contribution is 4.98. The maximum Gasteiger partial charge on any atom is 0.0370 e. The molecular weight excluding hydrogens is 122 g/mol. The van der Waals surface area contributed by atoms with Crippen molar-refractivity contribution in [3.05, 3.63) is 6.54 Å². The third kappa shape index (κ3) is 2.41. The van der Waals surface area contributed by atoms with E-state index in [1.807, 2.05) is 6.92 Å². The quantitative estimate of drug-likeness (QED) is 0.522. The zero-order valence-electron chi connectivity index (χ0n) is 6.56. The van der Waals surface area contributed by atoms with Gasteiger partial charge < -0.3 is 0 Å². The molecule has 1 aliphatic heterocycles. The van der Waals surface area contributed by atoms with Gasteiger partial charge >= 0.3 is 0 Å². The largest absolute Gasteiger partial charge is 0.298 e. The summed E-state index contributed by atoms with van der Waals surface area (Å²) in [4.78, 5) is 2.37. The molecule has 10 heavy (non-hydrogen) atoms. The van der Waals surface area contributed by atoms with Gasteiger partial charge in [0.1, 0.15) is 0 Å². The Morgan fingerprint density at radius 3 is 2.70 bits per heavy atom. The SMILES string of the molecule is CC#CC[CH]N1CCCC1. The summed E-state index contributed by atoms with van der Waals surface area (Å²) in [6.45, 7) is 6.58. The van der Waals surface area contributed by atoms with Gasteiger partial charge in [0, 0.05) is 13.0 Å². The Morgan fingerprint density at radius 1 is 1.40 bits per heavy atom. The standard InChI is InChI=1S/C9H14N/c1-2-3-4-7-10-8-5-6-9-10/h7H,4-6,8-9H2,1H3. The lowest BCUT2D eigenvalue weighted by Gasteiger charge is -2.10. The van der Waals surface area contributed by atoms with Crippen molar-refractivity contribution in [1.82, 2.24) is 4.90 Å². The van der Waals surface area contributed by atoms with Gasteiger partial charge in [-0.25, -0.2) is 0 Å². The molecule has 1 aliphatic rings. The lowest BCUT2D eigenvalue weighted by Crippen LogP contribution is -2.14. The van der Waals surface area contributed by atoms with Gasteiger partial charge in [-0.2, -0.15) is 0 Å². The van der Waals surface area contributed by atoms with Crippen LogP contribution >= 0.6 is 0 Å². The molecule has 0 aromatic heterocycles. The van der Waals surface area contributed by atoms with Crippen molar-refractivity contribution in [2.75, 3.05) is 13.1 Å². The average molecular weight is 136 g/mol. The van der Waals surface area contributed by atoms with Gasteiger partial charge in [-0.3, -0.25) is 4.90 Å². The predicted molar refractivity (Wildman–Crippen MR) is 43.2 cm³/mol. The van der Waals surface area contributed by atoms with Crippen LogP contribution in [0.5, 0.6) is 0 Å². The maximum atomic E-state index is 3.03. The Morgan fingerprint density at radius 2 is 2.10 bits per heavy atom. The Labute approximate surface area is 63.4 Å². The first-order chi connectivity index (χ1) is 4.93. The molecular formula is C9H14N. The van der Waals surface area contributed by atoms with Gasteiger partial charge in [-0.15, -0.1) is 11.8 Å². The molecule has 0 N–H and O–H groups in total. The van der Waals surface area contributed by atoms with Gasteiger partial charge in [-0.1, -0.05) is 0 Å². The third-order valence-corrected chi connectivity index (χ3v) is 1.77. The minimum Gasteiger partial charge on any atom is -0.298 e. The summed E-state index contributed by atoms with van der Waals surface area (Å²) < 4.78 is 0. The second-order valence-corrected chi connectivity index (χ2v) is 2.56. The van der Waals surface area contributed by atoms with Gasteiger partial charge in [0.05, 0.1) is 0 Å². The molecule has 0 amide bonds. The summed E-state index contributed by atoms with van der Waals surface area (Å²) in [6.07, 6.45) is 3.64. The first kappa shape index (κ1) is 7.63. The molecule has 1 heterocycles. The molecule has 1 saturated heterocycles. The molecule has 0 saturated carbocycles. The van der Waals surface area contributed by atoms with Crippen LogP contribution in [-0.2, 0) is 0 Å². The van der Waals surface area contributed by atoms with Crippen LogP contribution in [-0.4, -0.2) is 18.0 Å². The van der Waals surface area contributed by atoms with Gasteiger partial charge in [-0.05, 0) is 32.9 Å². The molecule has 1 rings (SSSR count). The van der Waals surface area contributed by atoms with Crippen molar-refractivity contribution in [2.24, 2.45) is 0 Å². The topological polar surface area (TPSA) is 3.24 Å². The fourth-order valence-electron chi connectivity index (χ4n) is 1.20. The number of likely N-dealkylation sites (tertiary alicyclic amines) is 1. The summed E-state index contributed by atoms with van der Waals surface area (Å²) in [5.74, 6) is 5.91. The van der Waals surface area contributed by atoms with Crippen LogP contribution in [0.15, 0.2) is 0 Å². The molecule has 0 aliphatic carbocycles. The van der Waals surface area contributed by atoms with E-state index < -0.39 is 0 Å². The number of rotatable bonds is 2. The van der Waals surface area contributed by atoms with E-state index in [1.165, 1.54) is 25.9 Å². The molecule has 0 spiro atoms. The van der Waals surface area contributed by atoms with Crippen LogP contribution in [0.2, 0.25) is 0 Å². The Bertz CT molecular complexity index is 135. The second-order valence-electron chi connectivity index (χ2n) is 2.56. The highest BCUT2D eigenvalue weighted by atomic mass is 15.1. The smallest absolute Gasteiger partial charge is 0.0370 e. The van der Waals surface area contributed by atoms with Crippen LogP contribution < -0.4 is 0 Å². The van der Waals surface area contributed by atoms with Crippen LogP contribution in [0, 0.1) is 18.4 Å². The minimum absolute atomic E-state index is 0.927. The normalized spacial score (nSPS) is 18.5. The van der Waals surface area contributed by atoms with E-state index >= 15 is 0 Å². The van der Waals surface area contributed by atoms with Crippen LogP contribution in [0.25, 0.3) is 0 Å². The first-order valence-electron chi connectivity index (χ1n) is 3.90. The van der Waals surface area contributed by atoms with E-state index in [9.17, 15) is 0 Å². The Kier molecular flexibility index (Phi) is 3.32. The van der Waals surface area contributed by atoms with Crippen LogP contribution in [0.4, 0.5) is 0 Å². The van der Waals surface area contributed by atoms with E-state index in [2.05, 4.69) is 23.3 Å². The molecule has 0 aromatic carbocycles. The molecule has 0 aromatic rings. The number of nitrogens with zero attached hydrogens (tertiary/aromatic N) is 1. The van der Waals surface area contributed by atoms with Gasteiger partial charge in [0.15, 0.2) is 0 Å². The lowest BCUT2D eigenvalue weighted by molar-refractivity contribution is 0.411. The van der Waals surface area contributed by atoms with E-state index in [0.29, 0.717) is 0 Å².